The van der Waals surface area contributed by atoms with Gasteiger partial charge in [0.1, 0.15) is 0 Å². The molecule has 6 nitrogen and oxygen atoms in total. The van der Waals surface area contributed by atoms with Gasteiger partial charge < -0.3 is 18.8 Å². The first-order valence-electron chi connectivity index (χ1n) is 8.34. The van der Waals surface area contributed by atoms with Crippen molar-refractivity contribution in [3.05, 3.63) is 30.7 Å². The van der Waals surface area contributed by atoms with Gasteiger partial charge in [-0.2, -0.15) is 0 Å². The molecule has 130 valence electrons. The van der Waals surface area contributed by atoms with Gasteiger partial charge in [-0.3, -0.25) is 0 Å². The van der Waals surface area contributed by atoms with Crippen molar-refractivity contribution < 1.29 is 14.2 Å². The zero-order valence-electron chi connectivity index (χ0n) is 14.7. The summed E-state index contributed by atoms with van der Waals surface area (Å²) in [4.78, 5) is 8.93. The number of benzene rings is 1. The van der Waals surface area contributed by atoms with E-state index in [4.69, 9.17) is 14.2 Å². The molecule has 0 N–H and O–H groups in total. The summed E-state index contributed by atoms with van der Waals surface area (Å²) in [6.45, 7) is 1.01. The lowest BCUT2D eigenvalue weighted by Crippen LogP contribution is -1.98. The highest BCUT2D eigenvalue weighted by molar-refractivity contribution is 5.80. The topological polar surface area (TPSA) is 58.4 Å². The van der Waals surface area contributed by atoms with Crippen LogP contribution in [0.5, 0.6) is 17.2 Å². The van der Waals surface area contributed by atoms with Crippen LogP contribution in [0.15, 0.2) is 30.7 Å². The van der Waals surface area contributed by atoms with E-state index in [9.17, 15) is 0 Å². The monoisotopic (exact) mass is 339 g/mol. The summed E-state index contributed by atoms with van der Waals surface area (Å²) in [6.07, 6.45) is 6.33. The van der Waals surface area contributed by atoms with E-state index in [0.29, 0.717) is 17.2 Å². The van der Waals surface area contributed by atoms with Crippen LogP contribution in [0.1, 0.15) is 12.8 Å². The Hall–Kier alpha value is -2.76. The van der Waals surface area contributed by atoms with Crippen LogP contribution < -0.4 is 14.2 Å². The molecule has 0 radical (unpaired) electrons. The molecule has 4 rings (SSSR count). The molecule has 1 aliphatic carbocycles. The average Bonchev–Trinajstić information content (AvgIpc) is 3.39. The minimum absolute atomic E-state index is 0.585. The van der Waals surface area contributed by atoms with Crippen molar-refractivity contribution in [2.45, 2.75) is 19.4 Å². The van der Waals surface area contributed by atoms with Gasteiger partial charge in [0, 0.05) is 18.3 Å². The molecule has 6 heteroatoms. The Balaban J connectivity index is 1.80. The van der Waals surface area contributed by atoms with Gasteiger partial charge in [0.2, 0.25) is 5.75 Å². The predicted molar refractivity (Wildman–Crippen MR) is 95.3 cm³/mol. The SMILES string of the molecule is COc1cc(-c2cnc3ncn(CC4CC4)c3c2)cc(OC)c1OC. The fourth-order valence-electron chi connectivity index (χ4n) is 3.07. The summed E-state index contributed by atoms with van der Waals surface area (Å²) in [5.74, 6) is 2.62. The van der Waals surface area contributed by atoms with E-state index in [1.54, 1.807) is 21.3 Å². The van der Waals surface area contributed by atoms with Crippen molar-refractivity contribution in [2.24, 2.45) is 5.92 Å². The van der Waals surface area contributed by atoms with E-state index in [-0.39, 0.29) is 0 Å². The van der Waals surface area contributed by atoms with Crippen LogP contribution in [0.3, 0.4) is 0 Å². The molecule has 0 bridgehead atoms. The van der Waals surface area contributed by atoms with Crippen molar-refractivity contribution in [2.75, 3.05) is 21.3 Å². The van der Waals surface area contributed by atoms with E-state index in [1.807, 2.05) is 24.7 Å². The zero-order chi connectivity index (χ0) is 17.4. The third-order valence-corrected chi connectivity index (χ3v) is 4.63. The molecular weight excluding hydrogens is 318 g/mol. The quantitative estimate of drug-likeness (QED) is 0.687. The summed E-state index contributed by atoms with van der Waals surface area (Å²) in [7, 11) is 4.84. The van der Waals surface area contributed by atoms with Crippen LogP contribution in [-0.2, 0) is 6.54 Å². The minimum Gasteiger partial charge on any atom is -0.493 e. The summed E-state index contributed by atoms with van der Waals surface area (Å²) in [5.41, 5.74) is 3.78. The lowest BCUT2D eigenvalue weighted by atomic mass is 10.1. The predicted octanol–water partition coefficient (Wildman–Crippen LogP) is 3.53. The second-order valence-corrected chi connectivity index (χ2v) is 6.32. The minimum atomic E-state index is 0.585. The second-order valence-electron chi connectivity index (χ2n) is 6.32. The molecule has 25 heavy (non-hydrogen) atoms. The lowest BCUT2D eigenvalue weighted by Gasteiger charge is -2.14. The summed E-state index contributed by atoms with van der Waals surface area (Å²) < 4.78 is 18.5. The van der Waals surface area contributed by atoms with Crippen molar-refractivity contribution >= 4 is 11.2 Å². The fraction of sp³-hybridized carbons (Fsp3) is 0.368. The van der Waals surface area contributed by atoms with Gasteiger partial charge in [-0.25, -0.2) is 9.97 Å². The zero-order valence-corrected chi connectivity index (χ0v) is 14.7. The number of aromatic nitrogens is 3. The summed E-state index contributed by atoms with van der Waals surface area (Å²) in [5, 5.41) is 0. The number of fused-ring (bicyclic) bond motifs is 1. The molecule has 1 saturated carbocycles. The van der Waals surface area contributed by atoms with E-state index in [1.165, 1.54) is 12.8 Å². The molecule has 0 atom stereocenters. The molecule has 1 aromatic carbocycles. The molecular formula is C19H21N3O3. The van der Waals surface area contributed by atoms with Crippen molar-refractivity contribution in [3.63, 3.8) is 0 Å². The molecule has 2 aromatic heterocycles. The van der Waals surface area contributed by atoms with Crippen LogP contribution in [0.4, 0.5) is 0 Å². The number of nitrogens with zero attached hydrogens (tertiary/aromatic N) is 3. The number of rotatable bonds is 6. The second kappa shape index (κ2) is 6.27. The standard InChI is InChI=1S/C19H21N3O3/c1-23-16-7-13(8-17(24-2)18(16)25-3)14-6-15-19(20-9-14)21-11-22(15)10-12-4-5-12/h6-9,11-12H,4-5,10H2,1-3H3. The Kier molecular flexibility index (Phi) is 3.95. The molecule has 2 heterocycles. The van der Waals surface area contributed by atoms with Gasteiger partial charge in [0.05, 0.1) is 33.2 Å². The molecule has 0 aliphatic heterocycles. The van der Waals surface area contributed by atoms with Gasteiger partial charge in [0.15, 0.2) is 17.1 Å². The Morgan fingerprint density at radius 2 is 1.68 bits per heavy atom. The smallest absolute Gasteiger partial charge is 0.203 e. The molecule has 0 saturated heterocycles. The number of ether oxygens (including phenoxy) is 3. The first-order valence-corrected chi connectivity index (χ1v) is 8.34. The van der Waals surface area contributed by atoms with Crippen molar-refractivity contribution in [1.29, 1.82) is 0 Å². The number of imidazole rings is 1. The van der Waals surface area contributed by atoms with Crippen LogP contribution in [-0.4, -0.2) is 35.9 Å². The Morgan fingerprint density at radius 1 is 0.960 bits per heavy atom. The maximum absolute atomic E-state index is 5.46. The fourth-order valence-corrected chi connectivity index (χ4v) is 3.07. The highest BCUT2D eigenvalue weighted by Gasteiger charge is 2.22. The number of pyridine rings is 1. The van der Waals surface area contributed by atoms with Gasteiger partial charge in [-0.15, -0.1) is 0 Å². The summed E-state index contributed by atoms with van der Waals surface area (Å²) in [6, 6.07) is 6.00. The summed E-state index contributed by atoms with van der Waals surface area (Å²) >= 11 is 0. The van der Waals surface area contributed by atoms with Crippen LogP contribution in [0.2, 0.25) is 0 Å². The van der Waals surface area contributed by atoms with Gasteiger partial charge in [-0.1, -0.05) is 0 Å². The van der Waals surface area contributed by atoms with Crippen molar-refractivity contribution in [3.8, 4) is 28.4 Å². The first kappa shape index (κ1) is 15.7. The normalized spacial score (nSPS) is 13.9. The average molecular weight is 339 g/mol. The molecule has 1 fully saturated rings. The van der Waals surface area contributed by atoms with E-state index >= 15 is 0 Å². The lowest BCUT2D eigenvalue weighted by molar-refractivity contribution is 0.324. The maximum atomic E-state index is 5.46. The van der Waals surface area contributed by atoms with E-state index in [0.717, 1.165) is 34.8 Å². The molecule has 3 aromatic rings. The first-order chi connectivity index (χ1) is 12.2. The maximum Gasteiger partial charge on any atom is 0.203 e. The Labute approximate surface area is 146 Å². The highest BCUT2D eigenvalue weighted by atomic mass is 16.5. The molecule has 0 amide bonds. The van der Waals surface area contributed by atoms with Crippen LogP contribution >= 0.6 is 0 Å². The number of hydrogen-bond acceptors (Lipinski definition) is 5. The highest BCUT2D eigenvalue weighted by Crippen LogP contribution is 2.41. The molecule has 1 aliphatic rings. The molecule has 0 unspecified atom stereocenters. The van der Waals surface area contributed by atoms with E-state index < -0.39 is 0 Å². The van der Waals surface area contributed by atoms with Crippen LogP contribution in [0.25, 0.3) is 22.3 Å². The third-order valence-electron chi connectivity index (χ3n) is 4.63. The largest absolute Gasteiger partial charge is 0.493 e. The van der Waals surface area contributed by atoms with Gasteiger partial charge in [-0.05, 0) is 42.5 Å². The van der Waals surface area contributed by atoms with Crippen LogP contribution in [0, 0.1) is 5.92 Å². The number of methoxy groups -OCH3 is 3. The van der Waals surface area contributed by atoms with Gasteiger partial charge in [0.25, 0.3) is 0 Å². The Bertz CT molecular complexity index is 890. The number of hydrogen-bond donors (Lipinski definition) is 0. The third kappa shape index (κ3) is 2.88. The Morgan fingerprint density at radius 3 is 2.28 bits per heavy atom. The van der Waals surface area contributed by atoms with Gasteiger partial charge >= 0.3 is 0 Å². The molecule has 0 spiro atoms. The van der Waals surface area contributed by atoms with Crippen molar-refractivity contribution in [1.82, 2.24) is 14.5 Å². The van der Waals surface area contributed by atoms with E-state index in [2.05, 4.69) is 20.6 Å².